The van der Waals surface area contributed by atoms with Gasteiger partial charge < -0.3 is 4.90 Å². The van der Waals surface area contributed by atoms with Gasteiger partial charge in [0.05, 0.1) is 0 Å². The van der Waals surface area contributed by atoms with E-state index in [1.807, 2.05) is 0 Å². The Bertz CT molecular complexity index is 383. The summed E-state index contributed by atoms with van der Waals surface area (Å²) in [4.78, 5) is 10.5. The normalized spacial score (nSPS) is 10.6. The fourth-order valence-electron chi connectivity index (χ4n) is 1.77. The van der Waals surface area contributed by atoms with Crippen LogP contribution in [0.25, 0.3) is 0 Å². The summed E-state index contributed by atoms with van der Waals surface area (Å²) in [7, 11) is 0. The summed E-state index contributed by atoms with van der Waals surface area (Å²) < 4.78 is 0. The summed E-state index contributed by atoms with van der Waals surface area (Å²) >= 11 is 0. The van der Waals surface area contributed by atoms with Crippen LogP contribution in [0.1, 0.15) is 33.4 Å². The molecule has 0 unspecified atom stereocenters. The third kappa shape index (κ3) is 4.03. The van der Waals surface area contributed by atoms with Crippen molar-refractivity contribution >= 4 is 5.82 Å². The van der Waals surface area contributed by atoms with Crippen molar-refractivity contribution < 1.29 is 0 Å². The van der Waals surface area contributed by atoms with E-state index in [1.54, 1.807) is 12.4 Å². The third-order valence-electron chi connectivity index (χ3n) is 2.26. The Morgan fingerprint density at radius 1 is 1.12 bits per heavy atom. The molecular weight excluding hydrogens is 212 g/mol. The molecule has 0 saturated heterocycles. The summed E-state index contributed by atoms with van der Waals surface area (Å²) in [5, 5.41) is 9.06. The molecular formula is C13H20N4. The van der Waals surface area contributed by atoms with Gasteiger partial charge in [-0.1, -0.05) is 27.7 Å². The molecule has 17 heavy (non-hydrogen) atoms. The van der Waals surface area contributed by atoms with Gasteiger partial charge in [0.2, 0.25) is 0 Å². The van der Waals surface area contributed by atoms with Crippen molar-refractivity contribution in [2.24, 2.45) is 11.8 Å². The summed E-state index contributed by atoms with van der Waals surface area (Å²) in [6.45, 7) is 10.4. The van der Waals surface area contributed by atoms with Crippen LogP contribution in [0.4, 0.5) is 5.82 Å². The van der Waals surface area contributed by atoms with Gasteiger partial charge in [0.25, 0.3) is 0 Å². The minimum atomic E-state index is 0.411. The molecule has 0 spiro atoms. The molecule has 0 aliphatic carbocycles. The minimum absolute atomic E-state index is 0.411. The Morgan fingerprint density at radius 2 is 1.65 bits per heavy atom. The molecule has 0 atom stereocenters. The third-order valence-corrected chi connectivity index (χ3v) is 2.26. The van der Waals surface area contributed by atoms with Gasteiger partial charge >= 0.3 is 0 Å². The van der Waals surface area contributed by atoms with Crippen molar-refractivity contribution in [1.82, 2.24) is 9.97 Å². The molecule has 1 aromatic rings. The average Bonchev–Trinajstić information content (AvgIpc) is 2.27. The fraction of sp³-hybridized carbons (Fsp3) is 0.615. The second kappa shape index (κ2) is 6.19. The maximum Gasteiger partial charge on any atom is 0.183 e. The van der Waals surface area contributed by atoms with Crippen LogP contribution in [-0.2, 0) is 0 Å². The van der Waals surface area contributed by atoms with E-state index in [9.17, 15) is 0 Å². The molecule has 0 aliphatic heterocycles. The van der Waals surface area contributed by atoms with E-state index < -0.39 is 0 Å². The van der Waals surface area contributed by atoms with Crippen LogP contribution in [0.3, 0.4) is 0 Å². The first-order valence-electron chi connectivity index (χ1n) is 6.00. The maximum absolute atomic E-state index is 9.06. The standard InChI is InChI=1S/C13H20N4/c1-10(2)8-17(9-11(3)4)13-12(7-14)15-5-6-16-13/h5-6,10-11H,8-9H2,1-4H3. The predicted molar refractivity (Wildman–Crippen MR) is 68.6 cm³/mol. The second-order valence-corrected chi connectivity index (χ2v) is 5.03. The monoisotopic (exact) mass is 232 g/mol. The van der Waals surface area contributed by atoms with Crippen LogP contribution in [0, 0.1) is 23.2 Å². The zero-order valence-corrected chi connectivity index (χ0v) is 11.0. The lowest BCUT2D eigenvalue weighted by molar-refractivity contribution is 0.547. The van der Waals surface area contributed by atoms with Crippen molar-refractivity contribution in [3.63, 3.8) is 0 Å². The van der Waals surface area contributed by atoms with E-state index in [2.05, 4.69) is 48.6 Å². The SMILES string of the molecule is CC(C)CN(CC(C)C)c1nccnc1C#N. The highest BCUT2D eigenvalue weighted by Gasteiger charge is 2.15. The number of nitriles is 1. The van der Waals surface area contributed by atoms with Crippen molar-refractivity contribution in [3.8, 4) is 6.07 Å². The van der Waals surface area contributed by atoms with Crippen LogP contribution < -0.4 is 4.90 Å². The first-order valence-corrected chi connectivity index (χ1v) is 6.00. The summed E-state index contributed by atoms with van der Waals surface area (Å²) in [6, 6.07) is 2.11. The van der Waals surface area contributed by atoms with Gasteiger partial charge in [0, 0.05) is 25.5 Å². The van der Waals surface area contributed by atoms with E-state index in [0.717, 1.165) is 13.1 Å². The minimum Gasteiger partial charge on any atom is -0.354 e. The number of hydrogen-bond donors (Lipinski definition) is 0. The van der Waals surface area contributed by atoms with E-state index in [1.165, 1.54) is 0 Å². The van der Waals surface area contributed by atoms with Crippen LogP contribution in [0.5, 0.6) is 0 Å². The topological polar surface area (TPSA) is 52.8 Å². The highest BCUT2D eigenvalue weighted by Crippen LogP contribution is 2.17. The van der Waals surface area contributed by atoms with Crippen LogP contribution in [0.2, 0.25) is 0 Å². The van der Waals surface area contributed by atoms with E-state index in [0.29, 0.717) is 23.3 Å². The van der Waals surface area contributed by atoms with Crippen LogP contribution in [0.15, 0.2) is 12.4 Å². The molecule has 0 radical (unpaired) electrons. The van der Waals surface area contributed by atoms with Gasteiger partial charge in [-0.25, -0.2) is 9.97 Å². The Kier molecular flexibility index (Phi) is 4.89. The lowest BCUT2D eigenvalue weighted by Crippen LogP contribution is -2.32. The van der Waals surface area contributed by atoms with Crippen LogP contribution >= 0.6 is 0 Å². The second-order valence-electron chi connectivity index (χ2n) is 5.03. The largest absolute Gasteiger partial charge is 0.354 e. The average molecular weight is 232 g/mol. The highest BCUT2D eigenvalue weighted by atomic mass is 15.2. The molecule has 0 bridgehead atoms. The molecule has 0 aliphatic rings. The molecule has 1 aromatic heterocycles. The molecule has 92 valence electrons. The van der Waals surface area contributed by atoms with Gasteiger partial charge in [-0.05, 0) is 11.8 Å². The van der Waals surface area contributed by atoms with Crippen LogP contribution in [-0.4, -0.2) is 23.1 Å². The number of hydrogen-bond acceptors (Lipinski definition) is 4. The Labute approximate surface area is 103 Å². The number of anilines is 1. The number of nitrogens with zero attached hydrogens (tertiary/aromatic N) is 4. The first kappa shape index (κ1) is 13.4. The summed E-state index contributed by atoms with van der Waals surface area (Å²) in [5.74, 6) is 1.77. The Morgan fingerprint density at radius 3 is 2.12 bits per heavy atom. The van der Waals surface area contributed by atoms with E-state index >= 15 is 0 Å². The maximum atomic E-state index is 9.06. The Balaban J connectivity index is 2.99. The van der Waals surface area contributed by atoms with Crippen molar-refractivity contribution in [2.45, 2.75) is 27.7 Å². The van der Waals surface area contributed by atoms with Gasteiger partial charge in [0.1, 0.15) is 6.07 Å². The molecule has 0 aromatic carbocycles. The first-order chi connectivity index (χ1) is 8.04. The van der Waals surface area contributed by atoms with E-state index in [4.69, 9.17) is 5.26 Å². The van der Waals surface area contributed by atoms with Gasteiger partial charge in [-0.2, -0.15) is 5.26 Å². The zero-order chi connectivity index (χ0) is 12.8. The summed E-state index contributed by atoms with van der Waals surface area (Å²) in [6.07, 6.45) is 3.20. The smallest absolute Gasteiger partial charge is 0.183 e. The number of aromatic nitrogens is 2. The molecule has 4 nitrogen and oxygen atoms in total. The predicted octanol–water partition coefficient (Wildman–Crippen LogP) is 2.47. The molecule has 0 amide bonds. The van der Waals surface area contributed by atoms with E-state index in [-0.39, 0.29) is 0 Å². The zero-order valence-electron chi connectivity index (χ0n) is 11.0. The molecule has 0 N–H and O–H groups in total. The van der Waals surface area contributed by atoms with Gasteiger partial charge in [-0.3, -0.25) is 0 Å². The molecule has 4 heteroatoms. The van der Waals surface area contributed by atoms with Crippen molar-refractivity contribution in [3.05, 3.63) is 18.1 Å². The molecule has 0 fully saturated rings. The molecule has 1 rings (SSSR count). The van der Waals surface area contributed by atoms with Crippen molar-refractivity contribution in [1.29, 1.82) is 5.26 Å². The lowest BCUT2D eigenvalue weighted by Gasteiger charge is -2.27. The number of rotatable bonds is 5. The molecule has 0 saturated carbocycles. The highest BCUT2D eigenvalue weighted by molar-refractivity contribution is 5.49. The van der Waals surface area contributed by atoms with Gasteiger partial charge in [0.15, 0.2) is 11.5 Å². The summed E-state index contributed by atoms with van der Waals surface area (Å²) in [5.41, 5.74) is 0.411. The fourth-order valence-corrected chi connectivity index (χ4v) is 1.77. The van der Waals surface area contributed by atoms with Crippen molar-refractivity contribution in [2.75, 3.05) is 18.0 Å². The Hall–Kier alpha value is -1.63. The van der Waals surface area contributed by atoms with Gasteiger partial charge in [-0.15, -0.1) is 0 Å². The molecule has 1 heterocycles. The lowest BCUT2D eigenvalue weighted by atomic mass is 10.1. The quantitative estimate of drug-likeness (QED) is 0.782.